The van der Waals surface area contributed by atoms with E-state index in [1.54, 1.807) is 0 Å². The zero-order valence-corrected chi connectivity index (χ0v) is 11.5. The number of nitrogens with two attached hydrogens (primary N) is 2. The number of esters is 1. The van der Waals surface area contributed by atoms with E-state index in [0.717, 1.165) is 0 Å². The largest absolute Gasteiger partial charge is 0.463 e. The molecule has 2 fully saturated rings. The second-order valence-electron chi connectivity index (χ2n) is 5.39. The maximum absolute atomic E-state index is 10.9. The van der Waals surface area contributed by atoms with Crippen LogP contribution in [0.1, 0.15) is 20.8 Å². The van der Waals surface area contributed by atoms with Gasteiger partial charge in [0.2, 0.25) is 0 Å². The van der Waals surface area contributed by atoms with Gasteiger partial charge in [0.05, 0.1) is 12.1 Å². The van der Waals surface area contributed by atoms with Crippen LogP contribution in [0.15, 0.2) is 0 Å². The number of fused-ring (bicyclic) bond motifs is 1. The van der Waals surface area contributed by atoms with Crippen LogP contribution < -0.4 is 11.5 Å². The Balaban J connectivity index is 2.11. The van der Waals surface area contributed by atoms with E-state index in [-0.39, 0.29) is 43.5 Å². The van der Waals surface area contributed by atoms with Crippen LogP contribution in [0.5, 0.6) is 0 Å². The van der Waals surface area contributed by atoms with Crippen molar-refractivity contribution in [2.75, 3.05) is 13.2 Å². The number of hydrogen-bond donors (Lipinski definition) is 2. The molecule has 7 nitrogen and oxygen atoms in total. The molecule has 2 aliphatic heterocycles. The van der Waals surface area contributed by atoms with Gasteiger partial charge in [-0.05, 0) is 13.8 Å². The van der Waals surface area contributed by atoms with Gasteiger partial charge in [0.25, 0.3) is 0 Å². The minimum absolute atomic E-state index is 0.110. The zero-order chi connectivity index (χ0) is 14.2. The van der Waals surface area contributed by atoms with Crippen LogP contribution in [0.3, 0.4) is 0 Å². The van der Waals surface area contributed by atoms with Crippen LogP contribution in [0.4, 0.5) is 0 Å². The van der Waals surface area contributed by atoms with E-state index >= 15 is 0 Å². The van der Waals surface area contributed by atoms with Crippen molar-refractivity contribution in [2.24, 2.45) is 11.5 Å². The Morgan fingerprint density at radius 3 is 2.47 bits per heavy atom. The maximum Gasteiger partial charge on any atom is 0.302 e. The molecule has 0 amide bonds. The van der Waals surface area contributed by atoms with Gasteiger partial charge in [0.15, 0.2) is 5.79 Å². The van der Waals surface area contributed by atoms with Gasteiger partial charge >= 0.3 is 5.97 Å². The minimum Gasteiger partial charge on any atom is -0.463 e. The van der Waals surface area contributed by atoms with E-state index < -0.39 is 11.9 Å². The molecule has 0 saturated carbocycles. The lowest BCUT2D eigenvalue weighted by atomic mass is 9.93. The molecule has 2 heterocycles. The fraction of sp³-hybridized carbons (Fsp3) is 0.917. The first-order chi connectivity index (χ1) is 8.84. The Hall–Kier alpha value is -0.730. The molecule has 5 atom stereocenters. The summed E-state index contributed by atoms with van der Waals surface area (Å²) in [6.45, 7) is 5.38. The standard InChI is InChI=1S/C12H22N2O5/c1-6(15)16-5-8-10-11(19-12(2,3)18-10)9(14)7(4-13)17-8/h7-11H,4-5,13-14H2,1-3H3/t7?,8?,9-,10?,11?/m1/s1. The highest BCUT2D eigenvalue weighted by atomic mass is 16.8. The zero-order valence-electron chi connectivity index (χ0n) is 11.5. The molecule has 0 aliphatic carbocycles. The van der Waals surface area contributed by atoms with Crippen LogP contribution in [0.2, 0.25) is 0 Å². The summed E-state index contributed by atoms with van der Waals surface area (Å²) < 4.78 is 22.4. The summed E-state index contributed by atoms with van der Waals surface area (Å²) in [6, 6.07) is -0.356. The van der Waals surface area contributed by atoms with Gasteiger partial charge in [0.1, 0.15) is 24.9 Å². The Bertz CT molecular complexity index is 349. The Morgan fingerprint density at radius 2 is 1.89 bits per heavy atom. The second kappa shape index (κ2) is 5.34. The lowest BCUT2D eigenvalue weighted by Gasteiger charge is -2.40. The molecule has 2 saturated heterocycles. The van der Waals surface area contributed by atoms with Crippen LogP contribution in [0.25, 0.3) is 0 Å². The van der Waals surface area contributed by atoms with Crippen molar-refractivity contribution in [3.05, 3.63) is 0 Å². The molecule has 0 radical (unpaired) electrons. The minimum atomic E-state index is -0.728. The summed E-state index contributed by atoms with van der Waals surface area (Å²) in [7, 11) is 0. The molecule has 0 aromatic heterocycles. The molecule has 0 bridgehead atoms. The maximum atomic E-state index is 10.9. The topological polar surface area (TPSA) is 106 Å². The Kier molecular flexibility index (Phi) is 4.12. The molecular formula is C12H22N2O5. The van der Waals surface area contributed by atoms with Crippen LogP contribution in [-0.2, 0) is 23.7 Å². The third-order valence-corrected chi connectivity index (χ3v) is 3.37. The normalized spacial score (nSPS) is 40.8. The van der Waals surface area contributed by atoms with Gasteiger partial charge in [-0.2, -0.15) is 0 Å². The summed E-state index contributed by atoms with van der Waals surface area (Å²) in [5, 5.41) is 0. The summed E-state index contributed by atoms with van der Waals surface area (Å²) in [5.41, 5.74) is 11.7. The van der Waals surface area contributed by atoms with Crippen molar-refractivity contribution in [2.45, 2.75) is 57.0 Å². The highest BCUT2D eigenvalue weighted by Gasteiger charge is 2.53. The third-order valence-electron chi connectivity index (χ3n) is 3.37. The van der Waals surface area contributed by atoms with Crippen molar-refractivity contribution < 1.29 is 23.7 Å². The number of hydrogen-bond acceptors (Lipinski definition) is 7. The summed E-state index contributed by atoms with van der Waals surface area (Å²) in [6.07, 6.45) is -1.41. The predicted octanol–water partition coefficient (Wildman–Crippen LogP) is -0.877. The molecule has 4 N–H and O–H groups in total. The van der Waals surface area contributed by atoms with E-state index in [4.69, 9.17) is 30.4 Å². The van der Waals surface area contributed by atoms with Gasteiger partial charge in [-0.3, -0.25) is 4.79 Å². The number of carbonyl (C=O) groups is 1. The first kappa shape index (κ1) is 14.7. The smallest absolute Gasteiger partial charge is 0.302 e. The average molecular weight is 274 g/mol. The van der Waals surface area contributed by atoms with E-state index in [1.165, 1.54) is 6.92 Å². The van der Waals surface area contributed by atoms with Crippen LogP contribution in [0, 0.1) is 0 Å². The molecule has 7 heteroatoms. The average Bonchev–Trinajstić information content (AvgIpc) is 2.64. The van der Waals surface area contributed by atoms with Crippen molar-refractivity contribution in [3.8, 4) is 0 Å². The molecule has 110 valence electrons. The van der Waals surface area contributed by atoms with E-state index in [9.17, 15) is 4.79 Å². The summed E-state index contributed by atoms with van der Waals surface area (Å²) in [5.74, 6) is -1.09. The predicted molar refractivity (Wildman–Crippen MR) is 66.1 cm³/mol. The van der Waals surface area contributed by atoms with Crippen LogP contribution >= 0.6 is 0 Å². The van der Waals surface area contributed by atoms with Crippen molar-refractivity contribution in [1.82, 2.24) is 0 Å². The second-order valence-corrected chi connectivity index (χ2v) is 5.39. The lowest BCUT2D eigenvalue weighted by molar-refractivity contribution is -0.176. The summed E-state index contributed by atoms with van der Waals surface area (Å²) in [4.78, 5) is 10.9. The van der Waals surface area contributed by atoms with Gasteiger partial charge in [-0.25, -0.2) is 0 Å². The number of carbonyl (C=O) groups excluding carboxylic acids is 1. The van der Waals surface area contributed by atoms with Crippen molar-refractivity contribution >= 4 is 5.97 Å². The van der Waals surface area contributed by atoms with Crippen molar-refractivity contribution in [3.63, 3.8) is 0 Å². The lowest BCUT2D eigenvalue weighted by Crippen LogP contribution is -2.62. The van der Waals surface area contributed by atoms with E-state index in [1.807, 2.05) is 13.8 Å². The van der Waals surface area contributed by atoms with E-state index in [0.29, 0.717) is 0 Å². The first-order valence-corrected chi connectivity index (χ1v) is 6.44. The van der Waals surface area contributed by atoms with Crippen LogP contribution in [-0.4, -0.2) is 55.4 Å². The third kappa shape index (κ3) is 3.06. The molecule has 2 aliphatic rings. The molecular weight excluding hydrogens is 252 g/mol. The molecule has 0 aromatic carbocycles. The van der Waals surface area contributed by atoms with Gasteiger partial charge in [-0.1, -0.05) is 0 Å². The van der Waals surface area contributed by atoms with Gasteiger partial charge < -0.3 is 30.4 Å². The number of ether oxygens (including phenoxy) is 4. The highest BCUT2D eigenvalue weighted by Crippen LogP contribution is 2.36. The highest BCUT2D eigenvalue weighted by molar-refractivity contribution is 5.65. The quantitative estimate of drug-likeness (QED) is 0.644. The van der Waals surface area contributed by atoms with Crippen molar-refractivity contribution in [1.29, 1.82) is 0 Å². The molecule has 2 rings (SSSR count). The monoisotopic (exact) mass is 274 g/mol. The summed E-state index contributed by atoms with van der Waals surface area (Å²) >= 11 is 0. The van der Waals surface area contributed by atoms with E-state index in [2.05, 4.69) is 0 Å². The Labute approximate surface area is 112 Å². The molecule has 19 heavy (non-hydrogen) atoms. The SMILES string of the molecule is CC(=O)OCC1OC(CN)[C@@H](N)C2OC(C)(C)OC12. The molecule has 0 aromatic rings. The van der Waals surface area contributed by atoms with Gasteiger partial charge in [0, 0.05) is 13.5 Å². The molecule has 0 spiro atoms. The fourth-order valence-corrected chi connectivity index (χ4v) is 2.55. The first-order valence-electron chi connectivity index (χ1n) is 6.44. The fourth-order valence-electron chi connectivity index (χ4n) is 2.55. The van der Waals surface area contributed by atoms with Gasteiger partial charge in [-0.15, -0.1) is 0 Å². The Morgan fingerprint density at radius 1 is 1.26 bits per heavy atom. The number of rotatable bonds is 3. The molecule has 4 unspecified atom stereocenters.